The number of rotatable bonds is 4. The van der Waals surface area contributed by atoms with Gasteiger partial charge < -0.3 is 5.11 Å². The fourth-order valence-corrected chi connectivity index (χ4v) is 2.38. The topological polar surface area (TPSA) is 37.3 Å². The number of hydrogen-bond donors (Lipinski definition) is 1. The normalized spacial score (nSPS) is 10.6. The van der Waals surface area contributed by atoms with Crippen molar-refractivity contribution in [2.45, 2.75) is 33.6 Å². The van der Waals surface area contributed by atoms with Crippen LogP contribution in [0.25, 0.3) is 0 Å². The summed E-state index contributed by atoms with van der Waals surface area (Å²) in [7, 11) is 0. The molecule has 2 aromatic carbocycles. The van der Waals surface area contributed by atoms with Gasteiger partial charge in [-0.2, -0.15) is 0 Å². The molecule has 0 amide bonds. The molecule has 0 heterocycles. The first-order chi connectivity index (χ1) is 9.45. The van der Waals surface area contributed by atoms with E-state index in [2.05, 4.69) is 38.1 Å². The second-order valence-corrected chi connectivity index (χ2v) is 5.43. The monoisotopic (exact) mass is 268 g/mol. The van der Waals surface area contributed by atoms with Crippen molar-refractivity contribution in [3.63, 3.8) is 0 Å². The summed E-state index contributed by atoms with van der Waals surface area (Å²) >= 11 is 0. The highest BCUT2D eigenvalue weighted by atomic mass is 16.4. The molecule has 0 fully saturated rings. The molecule has 1 N–H and O–H groups in total. The second-order valence-electron chi connectivity index (χ2n) is 5.43. The van der Waals surface area contributed by atoms with Gasteiger partial charge in [-0.25, -0.2) is 4.79 Å². The minimum absolute atomic E-state index is 0.375. The van der Waals surface area contributed by atoms with E-state index in [4.69, 9.17) is 5.11 Å². The summed E-state index contributed by atoms with van der Waals surface area (Å²) in [5.74, 6) is -0.860. The van der Waals surface area contributed by atoms with E-state index in [1.54, 1.807) is 12.1 Å². The number of hydrogen-bond acceptors (Lipinski definition) is 1. The smallest absolute Gasteiger partial charge is 0.335 e. The van der Waals surface area contributed by atoms with Gasteiger partial charge in [0.15, 0.2) is 0 Å². The molecule has 0 bridgehead atoms. The van der Waals surface area contributed by atoms with Crippen molar-refractivity contribution in [3.8, 4) is 0 Å². The molecule has 0 atom stereocenters. The molecule has 0 saturated heterocycles. The molecule has 0 aliphatic carbocycles. The second kappa shape index (κ2) is 5.91. The first-order valence-corrected chi connectivity index (χ1v) is 6.85. The van der Waals surface area contributed by atoms with Gasteiger partial charge in [0.25, 0.3) is 0 Å². The summed E-state index contributed by atoms with van der Waals surface area (Å²) in [6.07, 6.45) is 1.80. The van der Waals surface area contributed by atoms with Gasteiger partial charge in [0.1, 0.15) is 0 Å². The maximum atomic E-state index is 11.1. The average Bonchev–Trinajstić information content (AvgIpc) is 2.39. The lowest BCUT2D eigenvalue weighted by molar-refractivity contribution is 0.0696. The van der Waals surface area contributed by atoms with E-state index < -0.39 is 5.97 Å². The third-order valence-electron chi connectivity index (χ3n) is 3.66. The fourth-order valence-electron chi connectivity index (χ4n) is 2.38. The van der Waals surface area contributed by atoms with Gasteiger partial charge in [0.05, 0.1) is 5.56 Å². The largest absolute Gasteiger partial charge is 0.478 e. The lowest BCUT2D eigenvalue weighted by Gasteiger charge is -2.07. The lowest BCUT2D eigenvalue weighted by Crippen LogP contribution is -2.00. The first-order valence-electron chi connectivity index (χ1n) is 6.85. The third-order valence-corrected chi connectivity index (χ3v) is 3.66. The molecule has 2 nitrogen and oxygen atoms in total. The highest BCUT2D eigenvalue weighted by Gasteiger charge is 2.06. The van der Waals surface area contributed by atoms with E-state index in [1.807, 2.05) is 6.92 Å². The quantitative estimate of drug-likeness (QED) is 0.906. The predicted octanol–water partition coefficient (Wildman–Crippen LogP) is 4.10. The summed E-state index contributed by atoms with van der Waals surface area (Å²) < 4.78 is 0. The Morgan fingerprint density at radius 3 is 2.25 bits per heavy atom. The summed E-state index contributed by atoms with van der Waals surface area (Å²) in [6, 6.07) is 12.1. The Kier molecular flexibility index (Phi) is 4.23. The molecule has 0 spiro atoms. The van der Waals surface area contributed by atoms with Crippen molar-refractivity contribution in [1.29, 1.82) is 0 Å². The zero-order valence-corrected chi connectivity index (χ0v) is 12.2. The molecule has 0 saturated carbocycles. The van der Waals surface area contributed by atoms with Crippen LogP contribution in [-0.2, 0) is 12.8 Å². The van der Waals surface area contributed by atoms with Crippen molar-refractivity contribution in [2.75, 3.05) is 0 Å². The van der Waals surface area contributed by atoms with Crippen LogP contribution in [0, 0.1) is 20.8 Å². The zero-order chi connectivity index (χ0) is 14.7. The van der Waals surface area contributed by atoms with Crippen LogP contribution in [0.5, 0.6) is 0 Å². The zero-order valence-electron chi connectivity index (χ0n) is 12.2. The minimum Gasteiger partial charge on any atom is -0.478 e. The van der Waals surface area contributed by atoms with Gasteiger partial charge in [-0.3, -0.25) is 0 Å². The Morgan fingerprint density at radius 2 is 1.60 bits per heavy atom. The number of carboxylic acids is 1. The Morgan fingerprint density at radius 1 is 0.900 bits per heavy atom. The van der Waals surface area contributed by atoms with E-state index in [9.17, 15) is 4.79 Å². The van der Waals surface area contributed by atoms with Crippen LogP contribution in [0.4, 0.5) is 0 Å². The van der Waals surface area contributed by atoms with Crippen LogP contribution in [0.2, 0.25) is 0 Å². The maximum absolute atomic E-state index is 11.1. The van der Waals surface area contributed by atoms with Gasteiger partial charge in [0, 0.05) is 0 Å². The first kappa shape index (κ1) is 14.3. The van der Waals surface area contributed by atoms with Crippen LogP contribution in [0.1, 0.15) is 38.2 Å². The summed E-state index contributed by atoms with van der Waals surface area (Å²) in [4.78, 5) is 11.1. The predicted molar refractivity (Wildman–Crippen MR) is 81.5 cm³/mol. The van der Waals surface area contributed by atoms with Crippen molar-refractivity contribution in [1.82, 2.24) is 0 Å². The van der Waals surface area contributed by atoms with Crippen molar-refractivity contribution in [3.05, 3.63) is 69.8 Å². The van der Waals surface area contributed by atoms with Gasteiger partial charge >= 0.3 is 5.97 Å². The van der Waals surface area contributed by atoms with Gasteiger partial charge in [-0.05, 0) is 68.0 Å². The maximum Gasteiger partial charge on any atom is 0.335 e. The SMILES string of the molecule is Cc1cc(CCc2ccc(C)c(C)c2)cc(C(=O)O)c1. The summed E-state index contributed by atoms with van der Waals surface area (Å²) in [5, 5.41) is 9.09. The average molecular weight is 268 g/mol. The number of carboxylic acid groups (broad SMARTS) is 1. The Labute approximate surface area is 120 Å². The van der Waals surface area contributed by atoms with Crippen LogP contribution in [0.3, 0.4) is 0 Å². The standard InChI is InChI=1S/C18H20O2/c1-12-8-16(11-17(9-12)18(19)20)7-6-15-5-4-13(2)14(3)10-15/h4-5,8-11H,6-7H2,1-3H3,(H,19,20). The number of benzene rings is 2. The van der Waals surface area contributed by atoms with Crippen molar-refractivity contribution >= 4 is 5.97 Å². The Bertz CT molecular complexity index is 642. The minimum atomic E-state index is -0.860. The molecule has 104 valence electrons. The van der Waals surface area contributed by atoms with Gasteiger partial charge in [-0.15, -0.1) is 0 Å². The lowest BCUT2D eigenvalue weighted by atomic mass is 9.98. The van der Waals surface area contributed by atoms with E-state index >= 15 is 0 Å². The van der Waals surface area contributed by atoms with Crippen LogP contribution in [-0.4, -0.2) is 11.1 Å². The molecule has 2 heteroatoms. The Hall–Kier alpha value is -2.09. The Balaban J connectivity index is 2.14. The molecule has 0 aliphatic rings. The van der Waals surface area contributed by atoms with Gasteiger partial charge in [-0.1, -0.05) is 29.8 Å². The van der Waals surface area contributed by atoms with Crippen LogP contribution < -0.4 is 0 Å². The van der Waals surface area contributed by atoms with E-state index in [-0.39, 0.29) is 0 Å². The number of aromatic carboxylic acids is 1. The van der Waals surface area contributed by atoms with Crippen LogP contribution >= 0.6 is 0 Å². The molecule has 0 radical (unpaired) electrons. The molecular formula is C18H20O2. The third kappa shape index (κ3) is 3.47. The molecule has 0 aliphatic heterocycles. The molecule has 0 unspecified atom stereocenters. The van der Waals surface area contributed by atoms with Gasteiger partial charge in [0.2, 0.25) is 0 Å². The van der Waals surface area contributed by atoms with E-state index in [0.717, 1.165) is 24.0 Å². The molecule has 0 aromatic heterocycles. The summed E-state index contributed by atoms with van der Waals surface area (Å²) in [5.41, 5.74) is 6.36. The highest BCUT2D eigenvalue weighted by molar-refractivity contribution is 5.88. The summed E-state index contributed by atoms with van der Waals surface area (Å²) in [6.45, 7) is 6.17. The number of aryl methyl sites for hydroxylation is 5. The van der Waals surface area contributed by atoms with Crippen LogP contribution in [0.15, 0.2) is 36.4 Å². The van der Waals surface area contributed by atoms with Crippen molar-refractivity contribution < 1.29 is 9.90 Å². The molecule has 20 heavy (non-hydrogen) atoms. The van der Waals surface area contributed by atoms with E-state index in [1.165, 1.54) is 16.7 Å². The van der Waals surface area contributed by atoms with Crippen molar-refractivity contribution in [2.24, 2.45) is 0 Å². The molecule has 2 rings (SSSR count). The fraction of sp³-hybridized carbons (Fsp3) is 0.278. The molecule has 2 aromatic rings. The number of carbonyl (C=O) groups is 1. The highest BCUT2D eigenvalue weighted by Crippen LogP contribution is 2.15. The molecular weight excluding hydrogens is 248 g/mol. The van der Waals surface area contributed by atoms with E-state index in [0.29, 0.717) is 5.56 Å².